The van der Waals surface area contributed by atoms with Crippen LogP contribution in [0.3, 0.4) is 0 Å². The number of hydrogen-bond donors (Lipinski definition) is 4. The summed E-state index contributed by atoms with van der Waals surface area (Å²) in [5.41, 5.74) is -1.73. The Morgan fingerprint density at radius 1 is 1.28 bits per heavy atom. The van der Waals surface area contributed by atoms with Crippen molar-refractivity contribution in [3.8, 4) is 0 Å². The molecular weight excluding hydrogens is 424 g/mol. The van der Waals surface area contributed by atoms with E-state index in [1.807, 2.05) is 11.9 Å². The van der Waals surface area contributed by atoms with Crippen molar-refractivity contribution in [2.45, 2.75) is 80.4 Å². The highest BCUT2D eigenvalue weighted by Crippen LogP contribution is 2.29. The van der Waals surface area contributed by atoms with E-state index in [-0.39, 0.29) is 11.9 Å². The first-order valence-corrected chi connectivity index (χ1v) is 12.3. The number of alkyl halides is 1. The Bertz CT molecular complexity index is 677. The van der Waals surface area contributed by atoms with Crippen molar-refractivity contribution < 1.29 is 33.3 Å². The van der Waals surface area contributed by atoms with Gasteiger partial charge in [0.15, 0.2) is 15.3 Å². The van der Waals surface area contributed by atoms with Gasteiger partial charge in [0, 0.05) is 12.8 Å². The summed E-state index contributed by atoms with van der Waals surface area (Å²) in [4.78, 5) is 14.9. The standard InChI is InChI=1S/C18H33ClN2O7S/c1-5-6-10-7-11(21(3)8-10)17(25)20-12(9(2)19)16-14(23)13(22)15(24)18(28-16)29(4,26)27/h9-16,18,22-24H,5-8H2,1-4H3,(H,20,25)/t9?,10-,11?,12?,13+,14-,15-,16-,18-/m1/s1. The zero-order chi connectivity index (χ0) is 22.1. The number of halogens is 1. The van der Waals surface area contributed by atoms with E-state index in [0.717, 1.165) is 25.6 Å². The third-order valence-corrected chi connectivity index (χ3v) is 7.33. The van der Waals surface area contributed by atoms with E-state index in [2.05, 4.69) is 12.2 Å². The molecule has 0 bridgehead atoms. The molecule has 0 saturated carbocycles. The first kappa shape index (κ1) is 24.8. The van der Waals surface area contributed by atoms with E-state index >= 15 is 0 Å². The smallest absolute Gasteiger partial charge is 0.237 e. The lowest BCUT2D eigenvalue weighted by Crippen LogP contribution is -2.66. The average Bonchev–Trinajstić information content (AvgIpc) is 2.97. The SMILES string of the molecule is CCC[C@@H]1CC(C(=O)NC(C(C)Cl)[C@H]2O[C@H](S(C)(=O)=O)[C@H](O)[C@@H](O)[C@H]2O)N(C)C1. The second-order valence-corrected chi connectivity index (χ2v) is 11.1. The number of aliphatic hydroxyl groups excluding tert-OH is 3. The van der Waals surface area contributed by atoms with Gasteiger partial charge in [-0.25, -0.2) is 8.42 Å². The summed E-state index contributed by atoms with van der Waals surface area (Å²) < 4.78 is 29.4. The molecule has 1 amide bonds. The molecule has 4 N–H and O–H groups in total. The molecule has 2 fully saturated rings. The quantitative estimate of drug-likeness (QED) is 0.361. The van der Waals surface area contributed by atoms with E-state index in [4.69, 9.17) is 16.3 Å². The lowest BCUT2D eigenvalue weighted by atomic mass is 9.92. The topological polar surface area (TPSA) is 136 Å². The van der Waals surface area contributed by atoms with Crippen molar-refractivity contribution >= 4 is 27.3 Å². The van der Waals surface area contributed by atoms with Crippen LogP contribution in [-0.2, 0) is 19.4 Å². The van der Waals surface area contributed by atoms with Gasteiger partial charge in [-0.05, 0) is 32.7 Å². The minimum Gasteiger partial charge on any atom is -0.388 e. The lowest BCUT2D eigenvalue weighted by molar-refractivity contribution is -0.207. The first-order valence-electron chi connectivity index (χ1n) is 9.91. The minimum absolute atomic E-state index is 0.295. The minimum atomic E-state index is -3.90. The van der Waals surface area contributed by atoms with E-state index in [1.54, 1.807) is 6.92 Å². The Kier molecular flexibility index (Phi) is 8.34. The lowest BCUT2D eigenvalue weighted by Gasteiger charge is -2.43. The molecule has 0 aromatic carbocycles. The molecule has 2 heterocycles. The molecule has 11 heteroatoms. The molecule has 3 unspecified atom stereocenters. The maximum absolute atomic E-state index is 12.9. The molecule has 0 radical (unpaired) electrons. The molecule has 9 atom stereocenters. The van der Waals surface area contributed by atoms with Crippen molar-refractivity contribution in [3.05, 3.63) is 0 Å². The first-order chi connectivity index (χ1) is 13.4. The molecule has 0 aromatic rings. The van der Waals surface area contributed by atoms with Gasteiger partial charge in [-0.15, -0.1) is 11.6 Å². The highest BCUT2D eigenvalue weighted by molar-refractivity contribution is 7.91. The monoisotopic (exact) mass is 456 g/mol. The molecule has 9 nitrogen and oxygen atoms in total. The van der Waals surface area contributed by atoms with Gasteiger partial charge in [0.05, 0.1) is 17.5 Å². The molecule has 2 rings (SSSR count). The molecule has 0 spiro atoms. The number of nitrogens with one attached hydrogen (secondary N) is 1. The summed E-state index contributed by atoms with van der Waals surface area (Å²) in [6.45, 7) is 4.47. The van der Waals surface area contributed by atoms with Crippen LogP contribution in [0.2, 0.25) is 0 Å². The normalized spacial score (nSPS) is 38.6. The van der Waals surface area contributed by atoms with E-state index < -0.39 is 51.1 Å². The third kappa shape index (κ3) is 5.61. The van der Waals surface area contributed by atoms with Crippen molar-refractivity contribution in [1.82, 2.24) is 10.2 Å². The van der Waals surface area contributed by atoms with E-state index in [1.165, 1.54) is 0 Å². The fourth-order valence-corrected chi connectivity index (χ4v) is 5.48. The number of nitrogens with zero attached hydrogens (tertiary/aromatic N) is 1. The number of hydrogen-bond acceptors (Lipinski definition) is 8. The van der Waals surface area contributed by atoms with Crippen molar-refractivity contribution in [2.24, 2.45) is 5.92 Å². The molecule has 29 heavy (non-hydrogen) atoms. The van der Waals surface area contributed by atoms with Crippen LogP contribution < -0.4 is 5.32 Å². The molecule has 2 aliphatic rings. The van der Waals surface area contributed by atoms with Gasteiger partial charge in [-0.1, -0.05) is 13.3 Å². The van der Waals surface area contributed by atoms with Crippen LogP contribution in [0.1, 0.15) is 33.1 Å². The largest absolute Gasteiger partial charge is 0.388 e. The summed E-state index contributed by atoms with van der Waals surface area (Å²) >= 11 is 6.24. The fraction of sp³-hybridized carbons (Fsp3) is 0.944. The van der Waals surface area contributed by atoms with E-state index in [0.29, 0.717) is 12.3 Å². The van der Waals surface area contributed by atoms with Gasteiger partial charge in [0.1, 0.15) is 24.4 Å². The summed E-state index contributed by atoms with van der Waals surface area (Å²) in [6, 6.07) is -1.34. The van der Waals surface area contributed by atoms with Crippen LogP contribution in [0.25, 0.3) is 0 Å². The molecule has 170 valence electrons. The third-order valence-electron chi connectivity index (χ3n) is 5.82. The number of likely N-dealkylation sites (tertiary alicyclic amines) is 1. The Morgan fingerprint density at radius 3 is 2.41 bits per heavy atom. The number of rotatable bonds is 7. The van der Waals surface area contributed by atoms with Crippen LogP contribution in [0.15, 0.2) is 0 Å². The van der Waals surface area contributed by atoms with Crippen molar-refractivity contribution in [2.75, 3.05) is 19.8 Å². The van der Waals surface area contributed by atoms with Crippen molar-refractivity contribution in [3.63, 3.8) is 0 Å². The summed E-state index contributed by atoms with van der Waals surface area (Å²) in [5.74, 6) is 0.117. The summed E-state index contributed by atoms with van der Waals surface area (Å²) in [7, 11) is -2.03. The van der Waals surface area contributed by atoms with Gasteiger partial charge < -0.3 is 25.4 Å². The zero-order valence-corrected chi connectivity index (χ0v) is 18.8. The van der Waals surface area contributed by atoms with Crippen LogP contribution in [-0.4, -0.2) is 102 Å². The van der Waals surface area contributed by atoms with E-state index in [9.17, 15) is 28.5 Å². The van der Waals surface area contributed by atoms with Crippen LogP contribution >= 0.6 is 11.6 Å². The molecule has 0 aliphatic carbocycles. The number of carbonyl (C=O) groups excluding carboxylic acids is 1. The number of amides is 1. The predicted molar refractivity (Wildman–Crippen MR) is 108 cm³/mol. The van der Waals surface area contributed by atoms with Gasteiger partial charge in [0.2, 0.25) is 5.91 Å². The van der Waals surface area contributed by atoms with Gasteiger partial charge in [-0.2, -0.15) is 0 Å². The summed E-state index contributed by atoms with van der Waals surface area (Å²) in [5, 5.41) is 32.6. The number of sulfone groups is 1. The summed E-state index contributed by atoms with van der Waals surface area (Å²) in [6.07, 6.45) is -2.88. The highest BCUT2D eigenvalue weighted by Gasteiger charge is 2.51. The predicted octanol–water partition coefficient (Wildman–Crippen LogP) is -0.929. The molecule has 0 aromatic heterocycles. The molecule has 2 saturated heterocycles. The van der Waals surface area contributed by atoms with Crippen LogP contribution in [0.5, 0.6) is 0 Å². The van der Waals surface area contributed by atoms with Gasteiger partial charge >= 0.3 is 0 Å². The second-order valence-electron chi connectivity index (χ2n) is 8.33. The van der Waals surface area contributed by atoms with Gasteiger partial charge in [-0.3, -0.25) is 9.69 Å². The Balaban J connectivity index is 2.19. The molecule has 2 aliphatic heterocycles. The second kappa shape index (κ2) is 9.76. The average molecular weight is 457 g/mol. The number of carbonyl (C=O) groups is 1. The number of aliphatic hydroxyl groups is 3. The number of ether oxygens (including phenoxy) is 1. The van der Waals surface area contributed by atoms with Crippen LogP contribution in [0.4, 0.5) is 0 Å². The van der Waals surface area contributed by atoms with Crippen LogP contribution in [0, 0.1) is 5.92 Å². The maximum atomic E-state index is 12.9. The Labute approximate surface area is 177 Å². The zero-order valence-electron chi connectivity index (χ0n) is 17.2. The van der Waals surface area contributed by atoms with Gasteiger partial charge in [0.25, 0.3) is 0 Å². The van der Waals surface area contributed by atoms with Crippen molar-refractivity contribution in [1.29, 1.82) is 0 Å². The maximum Gasteiger partial charge on any atom is 0.237 e. The number of likely N-dealkylation sites (N-methyl/N-ethyl adjacent to an activating group) is 1. The Hall–Kier alpha value is -0.490. The fourth-order valence-electron chi connectivity index (χ4n) is 4.27. The highest BCUT2D eigenvalue weighted by atomic mass is 35.5. The molecular formula is C18H33ClN2O7S. The Morgan fingerprint density at radius 2 is 1.90 bits per heavy atom.